The first-order chi connectivity index (χ1) is 6.65. The average molecular weight is 202 g/mol. The number of likely N-dealkylation sites (N-methyl/N-ethyl adjacent to an activating group) is 1. The Morgan fingerprint density at radius 1 is 1.21 bits per heavy atom. The van der Waals surface area contributed by atoms with Gasteiger partial charge in [0.25, 0.3) is 0 Å². The minimum atomic E-state index is 0.250. The summed E-state index contributed by atoms with van der Waals surface area (Å²) in [5.41, 5.74) is 0. The molecule has 0 aromatic heterocycles. The lowest BCUT2D eigenvalue weighted by molar-refractivity contribution is 0.189. The van der Waals surface area contributed by atoms with E-state index < -0.39 is 0 Å². The van der Waals surface area contributed by atoms with E-state index in [2.05, 4.69) is 38.2 Å². The summed E-state index contributed by atoms with van der Waals surface area (Å²) in [5.74, 6) is 0.599. The van der Waals surface area contributed by atoms with Crippen molar-refractivity contribution in [1.29, 1.82) is 0 Å². The maximum absolute atomic E-state index is 9.25. The third-order valence-electron chi connectivity index (χ3n) is 2.78. The smallest absolute Gasteiger partial charge is 0.0587 e. The summed E-state index contributed by atoms with van der Waals surface area (Å²) in [6, 6.07) is 0.268. The maximum atomic E-state index is 9.25. The molecule has 2 N–H and O–H groups in total. The van der Waals surface area contributed by atoms with Crippen molar-refractivity contribution in [3.8, 4) is 0 Å². The summed E-state index contributed by atoms with van der Waals surface area (Å²) in [6.07, 6.45) is 2.27. The quantitative estimate of drug-likeness (QED) is 0.615. The van der Waals surface area contributed by atoms with Crippen LogP contribution < -0.4 is 5.32 Å². The summed E-state index contributed by atoms with van der Waals surface area (Å²) in [4.78, 5) is 2.15. The highest BCUT2D eigenvalue weighted by Gasteiger charge is 2.16. The van der Waals surface area contributed by atoms with Crippen molar-refractivity contribution in [2.24, 2.45) is 5.92 Å². The molecule has 1 atom stereocenters. The Morgan fingerprint density at radius 3 is 2.14 bits per heavy atom. The molecule has 0 aliphatic rings. The van der Waals surface area contributed by atoms with E-state index in [0.717, 1.165) is 25.9 Å². The van der Waals surface area contributed by atoms with Gasteiger partial charge < -0.3 is 15.3 Å². The van der Waals surface area contributed by atoms with Crippen LogP contribution in [0, 0.1) is 5.92 Å². The minimum absolute atomic E-state index is 0.250. The zero-order chi connectivity index (χ0) is 11.0. The van der Waals surface area contributed by atoms with Gasteiger partial charge in [-0.05, 0) is 20.0 Å². The van der Waals surface area contributed by atoms with E-state index in [-0.39, 0.29) is 12.6 Å². The summed E-state index contributed by atoms with van der Waals surface area (Å²) in [6.45, 7) is 6.60. The molecule has 0 aliphatic carbocycles. The first-order valence-corrected chi connectivity index (χ1v) is 5.64. The number of rotatable bonds is 8. The van der Waals surface area contributed by atoms with Crippen LogP contribution in [0.5, 0.6) is 0 Å². The van der Waals surface area contributed by atoms with E-state index in [1.165, 1.54) is 0 Å². The molecule has 3 nitrogen and oxygen atoms in total. The molecular formula is C11H26N2O. The van der Waals surface area contributed by atoms with Gasteiger partial charge in [-0.15, -0.1) is 0 Å². The van der Waals surface area contributed by atoms with Crippen LogP contribution in [0.15, 0.2) is 0 Å². The van der Waals surface area contributed by atoms with Gasteiger partial charge in [0, 0.05) is 19.1 Å². The highest BCUT2D eigenvalue weighted by molar-refractivity contribution is 4.74. The fourth-order valence-electron chi connectivity index (χ4n) is 1.71. The molecule has 0 rings (SSSR count). The van der Waals surface area contributed by atoms with E-state index in [1.807, 2.05) is 0 Å². The molecule has 0 aromatic carbocycles. The van der Waals surface area contributed by atoms with Crippen LogP contribution in [-0.4, -0.2) is 49.8 Å². The van der Waals surface area contributed by atoms with Crippen LogP contribution >= 0.6 is 0 Å². The lowest BCUT2D eigenvalue weighted by atomic mass is 9.95. The lowest BCUT2D eigenvalue weighted by Crippen LogP contribution is -2.41. The fraction of sp³-hybridized carbons (Fsp3) is 1.00. The van der Waals surface area contributed by atoms with Crippen molar-refractivity contribution in [2.75, 3.05) is 33.8 Å². The zero-order valence-electron chi connectivity index (χ0n) is 10.1. The summed E-state index contributed by atoms with van der Waals surface area (Å²) in [7, 11) is 4.12. The first-order valence-electron chi connectivity index (χ1n) is 5.64. The largest absolute Gasteiger partial charge is 0.395 e. The van der Waals surface area contributed by atoms with Gasteiger partial charge in [0.2, 0.25) is 0 Å². The van der Waals surface area contributed by atoms with Gasteiger partial charge in [0.05, 0.1) is 6.61 Å². The Bertz CT molecular complexity index is 124. The van der Waals surface area contributed by atoms with E-state index in [9.17, 15) is 5.11 Å². The Labute approximate surface area is 88.5 Å². The highest BCUT2D eigenvalue weighted by Crippen LogP contribution is 2.12. The Kier molecular flexibility index (Phi) is 8.14. The van der Waals surface area contributed by atoms with Gasteiger partial charge in [-0.1, -0.05) is 26.7 Å². The number of nitrogens with zero attached hydrogens (tertiary/aromatic N) is 1. The topological polar surface area (TPSA) is 35.5 Å². The molecule has 0 spiro atoms. The van der Waals surface area contributed by atoms with Gasteiger partial charge >= 0.3 is 0 Å². The Balaban J connectivity index is 3.77. The van der Waals surface area contributed by atoms with Crippen molar-refractivity contribution in [2.45, 2.75) is 32.7 Å². The van der Waals surface area contributed by atoms with Crippen LogP contribution in [0.4, 0.5) is 0 Å². The van der Waals surface area contributed by atoms with Crippen LogP contribution in [-0.2, 0) is 0 Å². The molecule has 0 aliphatic heterocycles. The zero-order valence-corrected chi connectivity index (χ0v) is 10.1. The second-order valence-electron chi connectivity index (χ2n) is 4.12. The second kappa shape index (κ2) is 8.21. The first kappa shape index (κ1) is 13.9. The van der Waals surface area contributed by atoms with Crippen LogP contribution in [0.3, 0.4) is 0 Å². The maximum Gasteiger partial charge on any atom is 0.0587 e. The molecule has 0 bridgehead atoms. The predicted molar refractivity (Wildman–Crippen MR) is 61.5 cm³/mol. The van der Waals surface area contributed by atoms with Crippen LogP contribution in [0.25, 0.3) is 0 Å². The summed E-state index contributed by atoms with van der Waals surface area (Å²) in [5, 5.41) is 12.7. The normalized spacial score (nSPS) is 13.9. The molecule has 0 aromatic rings. The molecule has 0 heterocycles. The van der Waals surface area contributed by atoms with E-state index in [0.29, 0.717) is 5.92 Å². The van der Waals surface area contributed by atoms with Crippen LogP contribution in [0.2, 0.25) is 0 Å². The van der Waals surface area contributed by atoms with Crippen molar-refractivity contribution >= 4 is 0 Å². The SMILES string of the molecule is CCC(CC)C(CO)NCCN(C)C. The molecular weight excluding hydrogens is 176 g/mol. The fourth-order valence-corrected chi connectivity index (χ4v) is 1.71. The molecule has 86 valence electrons. The number of hydrogen-bond acceptors (Lipinski definition) is 3. The summed E-state index contributed by atoms with van der Waals surface area (Å²) >= 11 is 0. The van der Waals surface area contributed by atoms with Crippen LogP contribution in [0.1, 0.15) is 26.7 Å². The van der Waals surface area contributed by atoms with Gasteiger partial charge in [0.1, 0.15) is 0 Å². The number of hydrogen-bond donors (Lipinski definition) is 2. The van der Waals surface area contributed by atoms with Crippen molar-refractivity contribution < 1.29 is 5.11 Å². The Morgan fingerprint density at radius 2 is 1.79 bits per heavy atom. The second-order valence-corrected chi connectivity index (χ2v) is 4.12. The minimum Gasteiger partial charge on any atom is -0.395 e. The van der Waals surface area contributed by atoms with E-state index >= 15 is 0 Å². The predicted octanol–water partition coefficient (Wildman–Crippen LogP) is 0.935. The molecule has 0 fully saturated rings. The van der Waals surface area contributed by atoms with Crippen molar-refractivity contribution in [3.05, 3.63) is 0 Å². The molecule has 0 saturated heterocycles. The van der Waals surface area contributed by atoms with Gasteiger partial charge in [-0.3, -0.25) is 0 Å². The monoisotopic (exact) mass is 202 g/mol. The molecule has 14 heavy (non-hydrogen) atoms. The van der Waals surface area contributed by atoms with E-state index in [1.54, 1.807) is 0 Å². The van der Waals surface area contributed by atoms with Crippen molar-refractivity contribution in [1.82, 2.24) is 10.2 Å². The molecule has 3 heteroatoms. The summed E-state index contributed by atoms with van der Waals surface area (Å²) < 4.78 is 0. The highest BCUT2D eigenvalue weighted by atomic mass is 16.3. The molecule has 0 amide bonds. The average Bonchev–Trinajstić information content (AvgIpc) is 2.16. The Hall–Kier alpha value is -0.120. The van der Waals surface area contributed by atoms with Gasteiger partial charge in [-0.25, -0.2) is 0 Å². The molecule has 1 unspecified atom stereocenters. The standard InChI is InChI=1S/C11H26N2O/c1-5-10(6-2)11(9-14)12-7-8-13(3)4/h10-12,14H,5-9H2,1-4H3. The lowest BCUT2D eigenvalue weighted by Gasteiger charge is -2.25. The molecule has 0 radical (unpaired) electrons. The van der Waals surface area contributed by atoms with Gasteiger partial charge in [-0.2, -0.15) is 0 Å². The number of aliphatic hydroxyl groups excluding tert-OH is 1. The van der Waals surface area contributed by atoms with E-state index in [4.69, 9.17) is 0 Å². The third kappa shape index (κ3) is 5.58. The van der Waals surface area contributed by atoms with Crippen molar-refractivity contribution in [3.63, 3.8) is 0 Å². The van der Waals surface area contributed by atoms with Gasteiger partial charge in [0.15, 0.2) is 0 Å². The number of nitrogens with one attached hydrogen (secondary N) is 1. The third-order valence-corrected chi connectivity index (χ3v) is 2.78. The number of aliphatic hydroxyl groups is 1. The molecule has 0 saturated carbocycles.